The van der Waals surface area contributed by atoms with Crippen LogP contribution in [0.4, 0.5) is 0 Å². The maximum absolute atomic E-state index is 12.6. The first-order valence-electron chi connectivity index (χ1n) is 8.40. The highest BCUT2D eigenvalue weighted by atomic mass is 32.2. The predicted molar refractivity (Wildman–Crippen MR) is 102 cm³/mol. The van der Waals surface area contributed by atoms with Gasteiger partial charge in [-0.15, -0.1) is 0 Å². The van der Waals surface area contributed by atoms with Crippen LogP contribution in [0.2, 0.25) is 0 Å². The fraction of sp³-hybridized carbons (Fsp3) is 0.263. The van der Waals surface area contributed by atoms with E-state index in [0.29, 0.717) is 12.1 Å². The summed E-state index contributed by atoms with van der Waals surface area (Å²) in [6.45, 7) is 2.06. The van der Waals surface area contributed by atoms with Gasteiger partial charge in [-0.2, -0.15) is 0 Å². The first-order chi connectivity index (χ1) is 12.8. The summed E-state index contributed by atoms with van der Waals surface area (Å²) in [5, 5.41) is 0. The molecule has 0 aliphatic carbocycles. The van der Waals surface area contributed by atoms with E-state index in [1.807, 2.05) is 24.3 Å². The van der Waals surface area contributed by atoms with Crippen LogP contribution in [-0.2, 0) is 21.4 Å². The SMILES string of the molecule is COc1ccc(CN(C)C(=O)C(C)N=C2NS(=O)(=O)c3ccccc32)cc1. The minimum atomic E-state index is -3.62. The van der Waals surface area contributed by atoms with E-state index >= 15 is 0 Å². The molecule has 0 saturated carbocycles. The number of ether oxygens (including phenoxy) is 1. The van der Waals surface area contributed by atoms with E-state index in [2.05, 4.69) is 9.71 Å². The van der Waals surface area contributed by atoms with Crippen molar-refractivity contribution >= 4 is 21.8 Å². The molecule has 1 amide bonds. The number of sulfonamides is 1. The molecule has 8 heteroatoms. The molecule has 2 aromatic rings. The molecule has 1 unspecified atom stereocenters. The van der Waals surface area contributed by atoms with Gasteiger partial charge < -0.3 is 9.64 Å². The van der Waals surface area contributed by atoms with Gasteiger partial charge in [-0.1, -0.05) is 24.3 Å². The third-order valence-electron chi connectivity index (χ3n) is 4.30. The smallest absolute Gasteiger partial charge is 0.263 e. The number of fused-ring (bicyclic) bond motifs is 1. The fourth-order valence-corrected chi connectivity index (χ4v) is 4.12. The summed E-state index contributed by atoms with van der Waals surface area (Å²) in [6.07, 6.45) is 0. The largest absolute Gasteiger partial charge is 0.497 e. The number of benzene rings is 2. The zero-order chi connectivity index (χ0) is 19.6. The van der Waals surface area contributed by atoms with Gasteiger partial charge in [0.1, 0.15) is 17.6 Å². The highest BCUT2D eigenvalue weighted by Crippen LogP contribution is 2.22. The van der Waals surface area contributed by atoms with Gasteiger partial charge in [-0.05, 0) is 36.8 Å². The number of amides is 1. The van der Waals surface area contributed by atoms with Gasteiger partial charge in [0.2, 0.25) is 5.91 Å². The quantitative estimate of drug-likeness (QED) is 0.847. The first kappa shape index (κ1) is 18.9. The highest BCUT2D eigenvalue weighted by Gasteiger charge is 2.31. The van der Waals surface area contributed by atoms with Crippen molar-refractivity contribution in [3.05, 3.63) is 59.7 Å². The number of aliphatic imine (C=N–C) groups is 1. The molecule has 0 bridgehead atoms. The zero-order valence-corrected chi connectivity index (χ0v) is 16.2. The second-order valence-electron chi connectivity index (χ2n) is 6.30. The van der Waals surface area contributed by atoms with Crippen molar-refractivity contribution in [2.75, 3.05) is 14.2 Å². The predicted octanol–water partition coefficient (Wildman–Crippen LogP) is 1.78. The van der Waals surface area contributed by atoms with Crippen LogP contribution in [0.1, 0.15) is 18.1 Å². The number of likely N-dealkylation sites (N-methyl/N-ethyl adjacent to an activating group) is 1. The van der Waals surface area contributed by atoms with Crippen LogP contribution >= 0.6 is 0 Å². The molecular weight excluding hydrogens is 366 g/mol. The number of methoxy groups -OCH3 is 1. The summed E-state index contributed by atoms with van der Waals surface area (Å²) in [7, 11) is -0.330. The fourth-order valence-electron chi connectivity index (χ4n) is 2.88. The lowest BCUT2D eigenvalue weighted by molar-refractivity contribution is -0.131. The van der Waals surface area contributed by atoms with Gasteiger partial charge in [0.25, 0.3) is 10.0 Å². The van der Waals surface area contributed by atoms with Gasteiger partial charge in [0, 0.05) is 19.2 Å². The van der Waals surface area contributed by atoms with Gasteiger partial charge >= 0.3 is 0 Å². The van der Waals surface area contributed by atoms with Gasteiger partial charge in [0.15, 0.2) is 0 Å². The van der Waals surface area contributed by atoms with E-state index < -0.39 is 16.1 Å². The van der Waals surface area contributed by atoms with Gasteiger partial charge in [-0.3, -0.25) is 14.5 Å². The number of nitrogens with one attached hydrogen (secondary N) is 1. The monoisotopic (exact) mass is 387 g/mol. The summed E-state index contributed by atoms with van der Waals surface area (Å²) >= 11 is 0. The Labute approximate surface area is 158 Å². The van der Waals surface area contributed by atoms with Gasteiger partial charge in [0.05, 0.1) is 12.0 Å². The van der Waals surface area contributed by atoms with Crippen molar-refractivity contribution in [2.24, 2.45) is 4.99 Å². The summed E-state index contributed by atoms with van der Waals surface area (Å²) in [4.78, 5) is 18.7. The summed E-state index contributed by atoms with van der Waals surface area (Å²) in [5.74, 6) is 0.742. The Morgan fingerprint density at radius 2 is 1.85 bits per heavy atom. The highest BCUT2D eigenvalue weighted by molar-refractivity contribution is 7.90. The summed E-state index contributed by atoms with van der Waals surface area (Å²) < 4.78 is 31.8. The molecule has 1 aliphatic heterocycles. The molecule has 1 atom stereocenters. The zero-order valence-electron chi connectivity index (χ0n) is 15.3. The topological polar surface area (TPSA) is 88.1 Å². The average molecular weight is 387 g/mol. The van der Waals surface area contributed by atoms with Crippen LogP contribution in [0.15, 0.2) is 58.4 Å². The Morgan fingerprint density at radius 1 is 1.19 bits per heavy atom. The van der Waals surface area contributed by atoms with E-state index in [1.165, 1.54) is 6.07 Å². The van der Waals surface area contributed by atoms with Crippen molar-refractivity contribution in [2.45, 2.75) is 24.4 Å². The number of nitrogens with zero attached hydrogens (tertiary/aromatic N) is 2. The van der Waals surface area contributed by atoms with Crippen LogP contribution in [0.3, 0.4) is 0 Å². The maximum atomic E-state index is 12.6. The molecule has 0 fully saturated rings. The van der Waals surface area contributed by atoms with E-state index in [0.717, 1.165) is 11.3 Å². The van der Waals surface area contributed by atoms with Crippen LogP contribution in [0.25, 0.3) is 0 Å². The Balaban J connectivity index is 1.74. The Kier molecular flexibility index (Phi) is 5.18. The van der Waals surface area contributed by atoms with E-state index in [4.69, 9.17) is 4.74 Å². The van der Waals surface area contributed by atoms with Crippen molar-refractivity contribution in [1.82, 2.24) is 9.62 Å². The summed E-state index contributed by atoms with van der Waals surface area (Å²) in [5.41, 5.74) is 1.44. The molecule has 142 valence electrons. The van der Waals surface area contributed by atoms with E-state index in [9.17, 15) is 13.2 Å². The normalized spacial score (nSPS) is 17.1. The minimum Gasteiger partial charge on any atom is -0.497 e. The lowest BCUT2D eigenvalue weighted by Crippen LogP contribution is -2.35. The van der Waals surface area contributed by atoms with Crippen molar-refractivity contribution in [3.63, 3.8) is 0 Å². The molecule has 1 heterocycles. The molecule has 0 spiro atoms. The Bertz CT molecular complexity index is 984. The summed E-state index contributed by atoms with van der Waals surface area (Å²) in [6, 6.07) is 13.3. The van der Waals surface area contributed by atoms with E-state index in [1.54, 1.807) is 44.2 Å². The average Bonchev–Trinajstić information content (AvgIpc) is 2.92. The molecule has 7 nitrogen and oxygen atoms in total. The molecule has 1 aliphatic rings. The lowest BCUT2D eigenvalue weighted by atomic mass is 10.2. The van der Waals surface area contributed by atoms with Crippen LogP contribution in [0, 0.1) is 0 Å². The molecule has 0 saturated heterocycles. The van der Waals surface area contributed by atoms with Crippen molar-refractivity contribution in [3.8, 4) is 5.75 Å². The van der Waals surface area contributed by atoms with Crippen LogP contribution in [-0.4, -0.2) is 45.3 Å². The van der Waals surface area contributed by atoms with Crippen LogP contribution < -0.4 is 9.46 Å². The maximum Gasteiger partial charge on any atom is 0.263 e. The van der Waals surface area contributed by atoms with Crippen molar-refractivity contribution in [1.29, 1.82) is 0 Å². The number of rotatable bonds is 5. The molecule has 0 aromatic heterocycles. The molecular formula is C19H21N3O4S. The van der Waals surface area contributed by atoms with E-state index in [-0.39, 0.29) is 16.6 Å². The first-order valence-corrected chi connectivity index (χ1v) is 9.88. The Hall–Kier alpha value is -2.87. The number of carbonyl (C=O) groups excluding carboxylic acids is 1. The second kappa shape index (κ2) is 7.40. The second-order valence-corrected chi connectivity index (χ2v) is 7.95. The molecule has 1 N–H and O–H groups in total. The third kappa shape index (κ3) is 3.95. The Morgan fingerprint density at radius 3 is 2.52 bits per heavy atom. The van der Waals surface area contributed by atoms with Crippen molar-refractivity contribution < 1.29 is 17.9 Å². The van der Waals surface area contributed by atoms with Gasteiger partial charge in [-0.25, -0.2) is 8.42 Å². The number of amidine groups is 1. The lowest BCUT2D eigenvalue weighted by Gasteiger charge is -2.20. The number of hydrogen-bond acceptors (Lipinski definition) is 5. The molecule has 27 heavy (non-hydrogen) atoms. The standard InChI is InChI=1S/C19H21N3O4S/c1-13(19(23)22(2)12-14-8-10-15(26-3)11-9-14)20-18-16-6-4-5-7-17(16)27(24,25)21-18/h4-11,13H,12H2,1-3H3,(H,20,21). The molecule has 3 rings (SSSR count). The number of carbonyl (C=O) groups is 1. The molecule has 0 radical (unpaired) electrons. The third-order valence-corrected chi connectivity index (χ3v) is 5.70. The van der Waals surface area contributed by atoms with Crippen LogP contribution in [0.5, 0.6) is 5.75 Å². The number of hydrogen-bond donors (Lipinski definition) is 1. The molecule has 2 aromatic carbocycles. The minimum absolute atomic E-state index is 0.176.